The molecule has 0 fully saturated rings. The van der Waals surface area contributed by atoms with Gasteiger partial charge < -0.3 is 11.1 Å². The normalized spacial score (nSPS) is 14.0. The van der Waals surface area contributed by atoms with Crippen LogP contribution in [0.5, 0.6) is 0 Å². The summed E-state index contributed by atoms with van der Waals surface area (Å²) < 4.78 is 0. The molecular formula is C15H24ClN3OS. The summed E-state index contributed by atoms with van der Waals surface area (Å²) in [5, 5.41) is 3.40. The van der Waals surface area contributed by atoms with Gasteiger partial charge in [-0.05, 0) is 57.5 Å². The van der Waals surface area contributed by atoms with E-state index in [-0.39, 0.29) is 11.9 Å². The molecule has 3 N–H and O–H groups in total. The molecule has 0 spiro atoms. The molecule has 0 radical (unpaired) electrons. The predicted octanol–water partition coefficient (Wildman–Crippen LogP) is 3.32. The Hall–Kier alpha value is -0.910. The summed E-state index contributed by atoms with van der Waals surface area (Å²) in [6.45, 7) is 4.03. The van der Waals surface area contributed by atoms with Gasteiger partial charge in [0.05, 0.1) is 17.4 Å². The van der Waals surface area contributed by atoms with Crippen LogP contribution in [0.2, 0.25) is 5.02 Å². The van der Waals surface area contributed by atoms with Crippen LogP contribution in [0.4, 0.5) is 11.4 Å². The van der Waals surface area contributed by atoms with Crippen LogP contribution in [0, 0.1) is 0 Å². The Morgan fingerprint density at radius 3 is 2.76 bits per heavy atom. The van der Waals surface area contributed by atoms with Gasteiger partial charge in [0.15, 0.2) is 0 Å². The van der Waals surface area contributed by atoms with E-state index in [1.807, 2.05) is 25.7 Å². The minimum absolute atomic E-state index is 0.0810. The Balaban J connectivity index is 2.67. The van der Waals surface area contributed by atoms with Gasteiger partial charge in [-0.15, -0.1) is 0 Å². The molecule has 0 saturated heterocycles. The van der Waals surface area contributed by atoms with Gasteiger partial charge in [0, 0.05) is 11.1 Å². The van der Waals surface area contributed by atoms with Crippen LogP contribution in [0.3, 0.4) is 0 Å². The molecule has 118 valence electrons. The number of halogens is 1. The van der Waals surface area contributed by atoms with Crippen molar-refractivity contribution in [3.8, 4) is 0 Å². The first-order valence-electron chi connectivity index (χ1n) is 6.93. The lowest BCUT2D eigenvalue weighted by atomic mass is 10.1. The molecule has 2 atom stereocenters. The molecular weight excluding hydrogens is 306 g/mol. The van der Waals surface area contributed by atoms with Crippen molar-refractivity contribution in [2.24, 2.45) is 0 Å². The molecule has 1 amide bonds. The number of benzene rings is 1. The van der Waals surface area contributed by atoms with E-state index in [1.54, 1.807) is 18.2 Å². The SMILES string of the molecule is CSCCC(C)N(C)C(C)C(=O)Nc1cc(Cl)ccc1N. The van der Waals surface area contributed by atoms with Crippen molar-refractivity contribution in [1.82, 2.24) is 4.90 Å². The summed E-state index contributed by atoms with van der Waals surface area (Å²) in [6, 6.07) is 5.16. The average molecular weight is 330 g/mol. The van der Waals surface area contributed by atoms with Gasteiger partial charge in [-0.25, -0.2) is 0 Å². The number of nitrogen functional groups attached to an aromatic ring is 1. The Labute approximate surface area is 136 Å². The quantitative estimate of drug-likeness (QED) is 0.753. The number of anilines is 2. The molecule has 0 aliphatic heterocycles. The number of hydrogen-bond acceptors (Lipinski definition) is 4. The van der Waals surface area contributed by atoms with Gasteiger partial charge in [0.25, 0.3) is 0 Å². The lowest BCUT2D eigenvalue weighted by Gasteiger charge is -2.30. The molecule has 1 aromatic carbocycles. The van der Waals surface area contributed by atoms with Crippen molar-refractivity contribution < 1.29 is 4.79 Å². The van der Waals surface area contributed by atoms with Crippen molar-refractivity contribution in [3.05, 3.63) is 23.2 Å². The number of hydrogen-bond donors (Lipinski definition) is 2. The number of likely N-dealkylation sites (N-methyl/N-ethyl adjacent to an activating group) is 1. The van der Waals surface area contributed by atoms with Crippen LogP contribution in [-0.4, -0.2) is 41.9 Å². The molecule has 0 aromatic heterocycles. The van der Waals surface area contributed by atoms with Gasteiger partial charge in [-0.2, -0.15) is 11.8 Å². The van der Waals surface area contributed by atoms with Crippen LogP contribution in [0.15, 0.2) is 18.2 Å². The van der Waals surface area contributed by atoms with E-state index < -0.39 is 0 Å². The third-order valence-electron chi connectivity index (χ3n) is 3.70. The average Bonchev–Trinajstić information content (AvgIpc) is 2.46. The topological polar surface area (TPSA) is 58.4 Å². The number of thioether (sulfide) groups is 1. The third kappa shape index (κ3) is 5.41. The van der Waals surface area contributed by atoms with Crippen molar-refractivity contribution in [2.75, 3.05) is 30.1 Å². The summed E-state index contributed by atoms with van der Waals surface area (Å²) >= 11 is 7.75. The zero-order chi connectivity index (χ0) is 16.0. The van der Waals surface area contributed by atoms with Crippen LogP contribution < -0.4 is 11.1 Å². The summed E-state index contributed by atoms with van der Waals surface area (Å²) in [7, 11) is 1.97. The monoisotopic (exact) mass is 329 g/mol. The van der Waals surface area contributed by atoms with Crippen molar-refractivity contribution in [1.29, 1.82) is 0 Å². The first kappa shape index (κ1) is 18.1. The van der Waals surface area contributed by atoms with E-state index in [1.165, 1.54) is 0 Å². The van der Waals surface area contributed by atoms with E-state index in [0.29, 0.717) is 22.4 Å². The number of carbonyl (C=O) groups is 1. The molecule has 21 heavy (non-hydrogen) atoms. The number of rotatable bonds is 7. The van der Waals surface area contributed by atoms with Gasteiger partial charge in [0.2, 0.25) is 5.91 Å². The number of carbonyl (C=O) groups excluding carboxylic acids is 1. The molecule has 0 heterocycles. The minimum atomic E-state index is -0.236. The summed E-state index contributed by atoms with van der Waals surface area (Å²) in [4.78, 5) is 14.4. The molecule has 1 rings (SSSR count). The molecule has 1 aromatic rings. The predicted molar refractivity (Wildman–Crippen MR) is 94.2 cm³/mol. The summed E-state index contributed by atoms with van der Waals surface area (Å²) in [5.41, 5.74) is 6.92. The Bertz CT molecular complexity index is 484. The second kappa shape index (κ2) is 8.51. The van der Waals surface area contributed by atoms with E-state index in [9.17, 15) is 4.79 Å². The molecule has 2 unspecified atom stereocenters. The van der Waals surface area contributed by atoms with Crippen molar-refractivity contribution in [3.63, 3.8) is 0 Å². The Kier molecular flexibility index (Phi) is 7.35. The lowest BCUT2D eigenvalue weighted by Crippen LogP contribution is -2.44. The van der Waals surface area contributed by atoms with Crippen LogP contribution in [-0.2, 0) is 4.79 Å². The number of nitrogens with two attached hydrogens (primary N) is 1. The van der Waals surface area contributed by atoms with Gasteiger partial charge in [-0.3, -0.25) is 9.69 Å². The van der Waals surface area contributed by atoms with Gasteiger partial charge in [-0.1, -0.05) is 11.6 Å². The first-order chi connectivity index (χ1) is 9.86. The van der Waals surface area contributed by atoms with Crippen molar-refractivity contribution in [2.45, 2.75) is 32.4 Å². The first-order valence-corrected chi connectivity index (χ1v) is 8.70. The standard InChI is InChI=1S/C15H24ClN3OS/c1-10(7-8-21-4)19(3)11(2)15(20)18-14-9-12(16)5-6-13(14)17/h5-6,9-11H,7-8,17H2,1-4H3,(H,18,20). The van der Waals surface area contributed by atoms with Gasteiger partial charge >= 0.3 is 0 Å². The summed E-state index contributed by atoms with van der Waals surface area (Å²) in [6.07, 6.45) is 3.14. The molecule has 4 nitrogen and oxygen atoms in total. The number of nitrogens with zero attached hydrogens (tertiary/aromatic N) is 1. The molecule has 0 aliphatic carbocycles. The lowest BCUT2D eigenvalue weighted by molar-refractivity contribution is -0.120. The van der Waals surface area contributed by atoms with Crippen molar-refractivity contribution >= 4 is 40.6 Å². The molecule has 0 aliphatic rings. The largest absolute Gasteiger partial charge is 0.397 e. The second-order valence-electron chi connectivity index (χ2n) is 5.19. The fraction of sp³-hybridized carbons (Fsp3) is 0.533. The molecule has 0 saturated carbocycles. The smallest absolute Gasteiger partial charge is 0.241 e. The highest BCUT2D eigenvalue weighted by molar-refractivity contribution is 7.98. The highest BCUT2D eigenvalue weighted by Crippen LogP contribution is 2.23. The van der Waals surface area contributed by atoms with E-state index in [2.05, 4.69) is 23.4 Å². The zero-order valence-corrected chi connectivity index (χ0v) is 14.6. The fourth-order valence-electron chi connectivity index (χ4n) is 1.93. The maximum atomic E-state index is 12.3. The zero-order valence-electron chi connectivity index (χ0n) is 13.0. The number of nitrogens with one attached hydrogen (secondary N) is 1. The van der Waals surface area contributed by atoms with E-state index in [0.717, 1.165) is 12.2 Å². The van der Waals surface area contributed by atoms with E-state index in [4.69, 9.17) is 17.3 Å². The highest BCUT2D eigenvalue weighted by atomic mass is 35.5. The minimum Gasteiger partial charge on any atom is -0.397 e. The molecule has 0 bridgehead atoms. The maximum Gasteiger partial charge on any atom is 0.241 e. The van der Waals surface area contributed by atoms with Crippen LogP contribution in [0.25, 0.3) is 0 Å². The second-order valence-corrected chi connectivity index (χ2v) is 6.61. The highest BCUT2D eigenvalue weighted by Gasteiger charge is 2.22. The maximum absolute atomic E-state index is 12.3. The number of amides is 1. The van der Waals surface area contributed by atoms with Crippen LogP contribution >= 0.6 is 23.4 Å². The Morgan fingerprint density at radius 1 is 1.48 bits per heavy atom. The van der Waals surface area contributed by atoms with E-state index >= 15 is 0 Å². The molecule has 6 heteroatoms. The summed E-state index contributed by atoms with van der Waals surface area (Å²) in [5.74, 6) is 1.00. The fourth-order valence-corrected chi connectivity index (χ4v) is 2.68. The Morgan fingerprint density at radius 2 is 2.14 bits per heavy atom. The van der Waals surface area contributed by atoms with Crippen LogP contribution in [0.1, 0.15) is 20.3 Å². The third-order valence-corrected chi connectivity index (χ3v) is 4.58. The van der Waals surface area contributed by atoms with Gasteiger partial charge in [0.1, 0.15) is 0 Å².